The predicted molar refractivity (Wildman–Crippen MR) is 57.8 cm³/mol. The van der Waals surface area contributed by atoms with Crippen molar-refractivity contribution < 1.29 is 4.74 Å². The number of methoxy groups -OCH3 is 1. The van der Waals surface area contributed by atoms with Crippen LogP contribution in [0, 0.1) is 5.92 Å². The molecule has 2 nitrogen and oxygen atoms in total. The lowest BCUT2D eigenvalue weighted by Gasteiger charge is -2.27. The third-order valence-corrected chi connectivity index (χ3v) is 2.59. The molecule has 0 bridgehead atoms. The molecule has 0 radical (unpaired) electrons. The number of hydrogen-bond donors (Lipinski definition) is 1. The second-order valence-electron chi connectivity index (χ2n) is 4.44. The number of ether oxygens (including phenoxy) is 1. The van der Waals surface area contributed by atoms with E-state index < -0.39 is 0 Å². The molecule has 13 heavy (non-hydrogen) atoms. The molecule has 0 rings (SSSR count). The van der Waals surface area contributed by atoms with E-state index in [2.05, 4.69) is 20.8 Å². The summed E-state index contributed by atoms with van der Waals surface area (Å²) in [7, 11) is 1.72. The summed E-state index contributed by atoms with van der Waals surface area (Å²) in [6, 6.07) is 0. The molecule has 0 heterocycles. The standard InChI is InChI=1S/C11H25NO/c1-5-11(12,9-13-4)8-6-7-10(2)3/h10H,5-9,12H2,1-4H3. The highest BCUT2D eigenvalue weighted by molar-refractivity contribution is 4.82. The molecule has 0 amide bonds. The number of hydrogen-bond acceptors (Lipinski definition) is 2. The van der Waals surface area contributed by atoms with Gasteiger partial charge in [-0.25, -0.2) is 0 Å². The predicted octanol–water partition coefficient (Wildman–Crippen LogP) is 2.57. The maximum Gasteiger partial charge on any atom is 0.0642 e. The van der Waals surface area contributed by atoms with Gasteiger partial charge in [0.2, 0.25) is 0 Å². The topological polar surface area (TPSA) is 35.2 Å². The smallest absolute Gasteiger partial charge is 0.0642 e. The van der Waals surface area contributed by atoms with Crippen LogP contribution in [0.2, 0.25) is 0 Å². The van der Waals surface area contributed by atoms with Gasteiger partial charge in [-0.05, 0) is 18.8 Å². The van der Waals surface area contributed by atoms with Gasteiger partial charge in [0.15, 0.2) is 0 Å². The van der Waals surface area contributed by atoms with E-state index in [9.17, 15) is 0 Å². The van der Waals surface area contributed by atoms with Gasteiger partial charge < -0.3 is 10.5 Å². The zero-order chi connectivity index (χ0) is 10.3. The van der Waals surface area contributed by atoms with Crippen molar-refractivity contribution in [2.75, 3.05) is 13.7 Å². The maximum absolute atomic E-state index is 6.17. The van der Waals surface area contributed by atoms with Crippen LogP contribution in [0.3, 0.4) is 0 Å². The Labute approximate surface area is 82.8 Å². The summed E-state index contributed by atoms with van der Waals surface area (Å²) in [4.78, 5) is 0. The summed E-state index contributed by atoms with van der Waals surface area (Å²) in [5, 5.41) is 0. The Hall–Kier alpha value is -0.0800. The van der Waals surface area contributed by atoms with Crippen LogP contribution < -0.4 is 5.73 Å². The first-order valence-electron chi connectivity index (χ1n) is 5.32. The van der Waals surface area contributed by atoms with Crippen molar-refractivity contribution in [3.63, 3.8) is 0 Å². The van der Waals surface area contributed by atoms with E-state index in [1.54, 1.807) is 7.11 Å². The quantitative estimate of drug-likeness (QED) is 0.665. The van der Waals surface area contributed by atoms with Crippen molar-refractivity contribution in [1.29, 1.82) is 0 Å². The molecule has 0 aliphatic carbocycles. The van der Waals surface area contributed by atoms with E-state index in [1.165, 1.54) is 12.8 Å². The van der Waals surface area contributed by atoms with Gasteiger partial charge in [0.1, 0.15) is 0 Å². The molecular weight excluding hydrogens is 162 g/mol. The first kappa shape index (κ1) is 12.9. The van der Waals surface area contributed by atoms with Gasteiger partial charge in [-0.15, -0.1) is 0 Å². The molecule has 0 aromatic carbocycles. The Bertz CT molecular complexity index is 125. The molecule has 0 saturated carbocycles. The van der Waals surface area contributed by atoms with E-state index in [0.29, 0.717) is 6.61 Å². The molecule has 80 valence electrons. The largest absolute Gasteiger partial charge is 0.383 e. The lowest BCUT2D eigenvalue weighted by molar-refractivity contribution is 0.122. The SMILES string of the molecule is CCC(N)(CCCC(C)C)COC. The van der Waals surface area contributed by atoms with E-state index in [4.69, 9.17) is 10.5 Å². The molecule has 2 N–H and O–H groups in total. The molecule has 0 aromatic rings. The monoisotopic (exact) mass is 187 g/mol. The lowest BCUT2D eigenvalue weighted by Crippen LogP contribution is -2.43. The highest BCUT2D eigenvalue weighted by Crippen LogP contribution is 2.17. The van der Waals surface area contributed by atoms with Gasteiger partial charge in [0, 0.05) is 12.6 Å². The fraction of sp³-hybridized carbons (Fsp3) is 1.00. The summed E-state index contributed by atoms with van der Waals surface area (Å²) in [5.74, 6) is 0.781. The van der Waals surface area contributed by atoms with Gasteiger partial charge in [-0.2, -0.15) is 0 Å². The van der Waals surface area contributed by atoms with Crippen LogP contribution in [0.1, 0.15) is 46.5 Å². The minimum Gasteiger partial charge on any atom is -0.383 e. The summed E-state index contributed by atoms with van der Waals surface area (Å²) in [6.45, 7) is 7.32. The van der Waals surface area contributed by atoms with E-state index >= 15 is 0 Å². The first-order chi connectivity index (χ1) is 6.04. The minimum absolute atomic E-state index is 0.0936. The molecule has 0 saturated heterocycles. The molecular formula is C11H25NO. The van der Waals surface area contributed by atoms with Crippen LogP contribution in [0.25, 0.3) is 0 Å². The van der Waals surface area contributed by atoms with Crippen molar-refractivity contribution in [3.05, 3.63) is 0 Å². The zero-order valence-electron chi connectivity index (χ0n) is 9.60. The lowest BCUT2D eigenvalue weighted by atomic mass is 9.90. The third kappa shape index (κ3) is 6.05. The van der Waals surface area contributed by atoms with Crippen LogP contribution in [-0.4, -0.2) is 19.3 Å². The fourth-order valence-electron chi connectivity index (χ4n) is 1.50. The second-order valence-corrected chi connectivity index (χ2v) is 4.44. The molecule has 2 heteroatoms. The van der Waals surface area contributed by atoms with Crippen molar-refractivity contribution in [1.82, 2.24) is 0 Å². The Kier molecular flexibility index (Phi) is 6.35. The molecule has 0 spiro atoms. The molecule has 0 aliphatic rings. The zero-order valence-corrected chi connectivity index (χ0v) is 9.60. The van der Waals surface area contributed by atoms with Gasteiger partial charge >= 0.3 is 0 Å². The number of nitrogens with two attached hydrogens (primary N) is 1. The average molecular weight is 187 g/mol. The average Bonchev–Trinajstić information content (AvgIpc) is 2.04. The summed E-state index contributed by atoms with van der Waals surface area (Å²) in [5.41, 5.74) is 6.08. The molecule has 1 atom stereocenters. The van der Waals surface area contributed by atoms with Crippen molar-refractivity contribution in [3.8, 4) is 0 Å². The van der Waals surface area contributed by atoms with Crippen LogP contribution in [0.15, 0.2) is 0 Å². The molecule has 1 unspecified atom stereocenters. The fourth-order valence-corrected chi connectivity index (χ4v) is 1.50. The summed E-state index contributed by atoms with van der Waals surface area (Å²) >= 11 is 0. The van der Waals surface area contributed by atoms with E-state index in [-0.39, 0.29) is 5.54 Å². The minimum atomic E-state index is -0.0936. The normalized spacial score (nSPS) is 16.2. The van der Waals surface area contributed by atoms with E-state index in [0.717, 1.165) is 18.8 Å². The van der Waals surface area contributed by atoms with Gasteiger partial charge in [0.05, 0.1) is 6.61 Å². The molecule has 0 fully saturated rings. The van der Waals surface area contributed by atoms with Crippen LogP contribution in [-0.2, 0) is 4.74 Å². The Morgan fingerprint density at radius 1 is 1.38 bits per heavy atom. The third-order valence-electron chi connectivity index (χ3n) is 2.59. The van der Waals surface area contributed by atoms with Gasteiger partial charge in [-0.1, -0.05) is 33.6 Å². The van der Waals surface area contributed by atoms with Crippen molar-refractivity contribution >= 4 is 0 Å². The summed E-state index contributed by atoms with van der Waals surface area (Å²) < 4.78 is 5.13. The second kappa shape index (κ2) is 6.39. The Morgan fingerprint density at radius 3 is 2.38 bits per heavy atom. The van der Waals surface area contributed by atoms with Crippen LogP contribution in [0.4, 0.5) is 0 Å². The van der Waals surface area contributed by atoms with Crippen molar-refractivity contribution in [2.45, 2.75) is 52.0 Å². The highest BCUT2D eigenvalue weighted by atomic mass is 16.5. The van der Waals surface area contributed by atoms with Crippen molar-refractivity contribution in [2.24, 2.45) is 11.7 Å². The molecule has 0 aromatic heterocycles. The first-order valence-corrected chi connectivity index (χ1v) is 5.32. The Morgan fingerprint density at radius 2 is 2.00 bits per heavy atom. The highest BCUT2D eigenvalue weighted by Gasteiger charge is 2.21. The van der Waals surface area contributed by atoms with Crippen LogP contribution in [0.5, 0.6) is 0 Å². The van der Waals surface area contributed by atoms with Crippen LogP contribution >= 0.6 is 0 Å². The number of rotatable bonds is 7. The van der Waals surface area contributed by atoms with Gasteiger partial charge in [0.25, 0.3) is 0 Å². The van der Waals surface area contributed by atoms with Gasteiger partial charge in [-0.3, -0.25) is 0 Å². The molecule has 0 aliphatic heterocycles. The van der Waals surface area contributed by atoms with E-state index in [1.807, 2.05) is 0 Å². The summed E-state index contributed by atoms with van der Waals surface area (Å²) in [6.07, 6.45) is 4.56. The Balaban J connectivity index is 3.69. The maximum atomic E-state index is 6.17.